The topological polar surface area (TPSA) is 186 Å². The highest BCUT2D eigenvalue weighted by molar-refractivity contribution is 7.85. The van der Waals surface area contributed by atoms with Gasteiger partial charge in [-0.15, -0.1) is 0 Å². The number of allylic oxidation sites excluding steroid dienone is 6. The zero-order chi connectivity index (χ0) is 41.3. The Morgan fingerprint density at radius 3 is 1.62 bits per heavy atom. The van der Waals surface area contributed by atoms with Crippen molar-refractivity contribution in [1.82, 2.24) is 0 Å². The van der Waals surface area contributed by atoms with Crippen LogP contribution in [-0.2, 0) is 38.7 Å². The smallest absolute Gasteiger partial charge is 0.306 e. The predicted octanol–water partition coefficient (Wildman–Crippen LogP) is 8.22. The molecule has 1 aliphatic heterocycles. The third kappa shape index (κ3) is 28.3. The average Bonchev–Trinajstić information content (AvgIpc) is 3.16. The molecule has 56 heavy (non-hydrogen) atoms. The summed E-state index contributed by atoms with van der Waals surface area (Å²) < 4.78 is 53.9. The molecule has 0 aromatic heterocycles. The number of hydrogen-bond donors (Lipinski definition) is 4. The van der Waals surface area contributed by atoms with Gasteiger partial charge in [-0.05, 0) is 51.4 Å². The molecule has 2 unspecified atom stereocenters. The fourth-order valence-electron chi connectivity index (χ4n) is 6.33. The van der Waals surface area contributed by atoms with Gasteiger partial charge in [0.15, 0.2) is 12.4 Å². The first-order valence-corrected chi connectivity index (χ1v) is 23.2. The van der Waals surface area contributed by atoms with E-state index >= 15 is 0 Å². The van der Waals surface area contributed by atoms with Gasteiger partial charge in [0.05, 0.1) is 6.61 Å². The molecule has 0 aromatic carbocycles. The Bertz CT molecular complexity index is 1190. The summed E-state index contributed by atoms with van der Waals surface area (Å²) in [7, 11) is -4.60. The molecular weight excluding hydrogens is 741 g/mol. The zero-order valence-electron chi connectivity index (χ0n) is 34.5. The number of hydrogen-bond acceptors (Lipinski definition) is 11. The Labute approximate surface area is 338 Å². The minimum Gasteiger partial charge on any atom is -0.462 e. The number of aliphatic hydroxyl groups is 3. The molecule has 1 fully saturated rings. The number of ether oxygens (including phenoxy) is 4. The van der Waals surface area contributed by atoms with Crippen LogP contribution in [-0.4, -0.2) is 96.0 Å². The fourth-order valence-corrected chi connectivity index (χ4v) is 7.02. The molecule has 0 spiro atoms. The van der Waals surface area contributed by atoms with Crippen LogP contribution in [0.5, 0.6) is 0 Å². The first kappa shape index (κ1) is 51.9. The lowest BCUT2D eigenvalue weighted by Crippen LogP contribution is -2.60. The lowest BCUT2D eigenvalue weighted by Gasteiger charge is -2.40. The summed E-state index contributed by atoms with van der Waals surface area (Å²) in [5.41, 5.74) is 0. The Morgan fingerprint density at radius 1 is 0.607 bits per heavy atom. The first-order chi connectivity index (χ1) is 27.0. The van der Waals surface area contributed by atoms with Crippen molar-refractivity contribution in [2.24, 2.45) is 0 Å². The van der Waals surface area contributed by atoms with E-state index in [1.165, 1.54) is 64.2 Å². The lowest BCUT2D eigenvalue weighted by atomic mass is 10.00. The molecule has 13 heteroatoms. The molecular formula is C43H76O12S. The largest absolute Gasteiger partial charge is 0.462 e. The molecule has 0 bridgehead atoms. The second-order valence-electron chi connectivity index (χ2n) is 15.0. The summed E-state index contributed by atoms with van der Waals surface area (Å²) in [6, 6.07) is 0. The normalized spacial score (nSPS) is 21.0. The number of esters is 2. The van der Waals surface area contributed by atoms with Gasteiger partial charge < -0.3 is 34.3 Å². The van der Waals surface area contributed by atoms with Gasteiger partial charge in [0.2, 0.25) is 0 Å². The third-order valence-corrected chi connectivity index (χ3v) is 10.5. The van der Waals surface area contributed by atoms with E-state index in [9.17, 15) is 37.9 Å². The molecule has 1 rings (SSSR count). The van der Waals surface area contributed by atoms with E-state index in [0.717, 1.165) is 64.2 Å². The van der Waals surface area contributed by atoms with Gasteiger partial charge in [0.1, 0.15) is 36.8 Å². The van der Waals surface area contributed by atoms with Gasteiger partial charge in [0, 0.05) is 12.8 Å². The van der Waals surface area contributed by atoms with Crippen molar-refractivity contribution in [2.75, 3.05) is 19.0 Å². The van der Waals surface area contributed by atoms with Gasteiger partial charge in [0.25, 0.3) is 10.1 Å². The molecule has 1 saturated heterocycles. The third-order valence-electron chi connectivity index (χ3n) is 9.72. The van der Waals surface area contributed by atoms with Crippen LogP contribution in [0.15, 0.2) is 36.5 Å². The number of unbranched alkanes of at least 4 members (excludes halogenated alkanes) is 17. The number of aliphatic hydroxyl groups excluding tert-OH is 3. The molecule has 326 valence electrons. The van der Waals surface area contributed by atoms with Crippen molar-refractivity contribution in [3.8, 4) is 0 Å². The summed E-state index contributed by atoms with van der Waals surface area (Å²) >= 11 is 0. The zero-order valence-corrected chi connectivity index (χ0v) is 35.3. The lowest BCUT2D eigenvalue weighted by molar-refractivity contribution is -0.297. The number of carbonyl (C=O) groups excluding carboxylic acids is 2. The van der Waals surface area contributed by atoms with Crippen molar-refractivity contribution in [2.45, 2.75) is 205 Å². The predicted molar refractivity (Wildman–Crippen MR) is 219 cm³/mol. The van der Waals surface area contributed by atoms with Gasteiger partial charge in [-0.1, -0.05) is 140 Å². The van der Waals surface area contributed by atoms with E-state index in [-0.39, 0.29) is 19.4 Å². The van der Waals surface area contributed by atoms with Crippen LogP contribution in [0.3, 0.4) is 0 Å². The molecule has 0 amide bonds. The molecule has 12 nitrogen and oxygen atoms in total. The summed E-state index contributed by atoms with van der Waals surface area (Å²) in [6.07, 6.45) is 27.7. The maximum absolute atomic E-state index is 12.7. The molecule has 0 aromatic rings. The molecule has 0 saturated carbocycles. The van der Waals surface area contributed by atoms with Crippen LogP contribution >= 0.6 is 0 Å². The van der Waals surface area contributed by atoms with Gasteiger partial charge >= 0.3 is 11.9 Å². The van der Waals surface area contributed by atoms with Crippen LogP contribution in [0, 0.1) is 0 Å². The van der Waals surface area contributed by atoms with Crippen LogP contribution in [0.1, 0.15) is 168 Å². The van der Waals surface area contributed by atoms with Crippen molar-refractivity contribution >= 4 is 22.1 Å². The van der Waals surface area contributed by atoms with Crippen LogP contribution in [0.25, 0.3) is 0 Å². The Morgan fingerprint density at radius 2 is 1.07 bits per heavy atom. The van der Waals surface area contributed by atoms with E-state index < -0.39 is 71.2 Å². The number of carbonyl (C=O) groups is 2. The van der Waals surface area contributed by atoms with Crippen molar-refractivity contribution in [3.05, 3.63) is 36.5 Å². The molecule has 6 atom stereocenters. The molecule has 1 heterocycles. The highest BCUT2D eigenvalue weighted by Crippen LogP contribution is 2.24. The first-order valence-electron chi connectivity index (χ1n) is 21.5. The SMILES string of the molecule is CCCCC/C=C/C/C=C/C/C=C/CCCCCCC(=O)OC[C@H](CO[C@H]1O[C@H](CS(=O)(=O)O)[C@@H](O)C(O)C1O)OC(=O)CCCCCCCCCCCCC. The second kappa shape index (κ2) is 33.8. The minimum absolute atomic E-state index is 0.161. The fraction of sp³-hybridized carbons (Fsp3) is 0.814. The maximum Gasteiger partial charge on any atom is 0.306 e. The molecule has 4 N–H and O–H groups in total. The maximum atomic E-state index is 12.7. The van der Waals surface area contributed by atoms with Crippen molar-refractivity contribution in [3.63, 3.8) is 0 Å². The monoisotopic (exact) mass is 817 g/mol. The van der Waals surface area contributed by atoms with Crippen LogP contribution < -0.4 is 0 Å². The number of rotatable bonds is 35. The Kier molecular flexibility index (Phi) is 31.3. The highest BCUT2D eigenvalue weighted by atomic mass is 32.2. The minimum atomic E-state index is -4.60. The Balaban J connectivity index is 2.48. The van der Waals surface area contributed by atoms with Gasteiger partial charge in [-0.3, -0.25) is 14.1 Å². The van der Waals surface area contributed by atoms with Crippen LogP contribution in [0.4, 0.5) is 0 Å². The van der Waals surface area contributed by atoms with Crippen LogP contribution in [0.2, 0.25) is 0 Å². The van der Waals surface area contributed by atoms with E-state index in [1.54, 1.807) is 0 Å². The molecule has 0 radical (unpaired) electrons. The summed E-state index contributed by atoms with van der Waals surface area (Å²) in [4.78, 5) is 25.3. The van der Waals surface area contributed by atoms with Crippen molar-refractivity contribution < 1.29 is 56.8 Å². The quantitative estimate of drug-likeness (QED) is 0.0208. The average molecular weight is 817 g/mol. The standard InChI is InChI=1S/C43H76O12S/c1-3-5-7-9-11-13-15-16-17-18-19-20-22-23-25-27-29-31-38(44)52-33-36(54-39(45)32-30-28-26-24-21-14-12-10-8-6-4-2)34-53-43-42(48)41(47)40(46)37(55-43)35-56(49,50)51/h11,13,16-17,19-20,36-37,40-43,46-48H,3-10,12,14-15,18,21-35H2,1-2H3,(H,49,50,51)/b13-11+,17-16+,20-19+/t36-,37-,40-,41?,42?,43+/m1/s1. The molecule has 1 aliphatic rings. The van der Waals surface area contributed by atoms with Gasteiger partial charge in [-0.25, -0.2) is 0 Å². The summed E-state index contributed by atoms with van der Waals surface area (Å²) in [6.45, 7) is 3.69. The van der Waals surface area contributed by atoms with E-state index in [4.69, 9.17) is 18.9 Å². The van der Waals surface area contributed by atoms with E-state index in [1.807, 2.05) is 0 Å². The second-order valence-corrected chi connectivity index (χ2v) is 16.5. The van der Waals surface area contributed by atoms with E-state index in [0.29, 0.717) is 12.8 Å². The molecule has 0 aliphatic carbocycles. The Hall–Kier alpha value is -2.13. The summed E-state index contributed by atoms with van der Waals surface area (Å²) in [5, 5.41) is 30.8. The van der Waals surface area contributed by atoms with E-state index in [2.05, 4.69) is 50.3 Å². The van der Waals surface area contributed by atoms with Crippen molar-refractivity contribution in [1.29, 1.82) is 0 Å². The summed E-state index contributed by atoms with van der Waals surface area (Å²) in [5.74, 6) is -2.01. The van der Waals surface area contributed by atoms with Gasteiger partial charge in [-0.2, -0.15) is 8.42 Å². The highest BCUT2D eigenvalue weighted by Gasteiger charge is 2.46.